The van der Waals surface area contributed by atoms with Crippen molar-refractivity contribution in [3.8, 4) is 11.5 Å². The van der Waals surface area contributed by atoms with Crippen molar-refractivity contribution < 1.29 is 58.5 Å². The van der Waals surface area contributed by atoms with Gasteiger partial charge in [0.1, 0.15) is 53.8 Å². The molecule has 26 heteroatoms. The minimum absolute atomic E-state index is 0.0113. The van der Waals surface area contributed by atoms with Gasteiger partial charge >= 0.3 is 0 Å². The van der Waals surface area contributed by atoms with Crippen LogP contribution in [-0.4, -0.2) is 140 Å². The number of aromatic hydroxyl groups is 2. The molecule has 23 nitrogen and oxygen atoms in total. The Morgan fingerprint density at radius 2 is 1.19 bits per heavy atom. The Morgan fingerprint density at radius 3 is 1.76 bits per heavy atom. The molecule has 2 saturated heterocycles. The minimum atomic E-state index is -1.88. The Kier molecular flexibility index (Phi) is 22.9. The number of aliphatic hydroxyl groups excluding tert-OH is 1. The molecule has 4 aromatic rings. The monoisotopic (exact) mass is 1160 g/mol. The standard InChI is InChI=1S/C54H66ClN11O12S2/c1-28(67)59-26-33-7-5-30(6-8-33)24-40-50(74)60-38(4-2-3-21-56)49(73)65-43-45(70)46(44(66-53(43)77)54(78)61-39(47(58)71)23-31-11-17-35(68)18-12-31)80-79-27-42(64-48(72)37(57)22-29-9-15-34(55)16-10-29)52(76)63-41(51(75)62-40)25-32-13-19-36(69)20-14-32/h5-20,37-46,68-70H,2-4,21-27,56-57H2,1H3,(H2,58,71)(H,59,67)(H,60,74)(H,61,78)(H,62,75)(H,63,76)(H,64,72)(H,65,73)(H,66,77)/t37-,38-,39+,40+,41-,42+,43-,44-,45-,46?/m0/s1. The lowest BCUT2D eigenvalue weighted by molar-refractivity contribution is -0.140. The number of halogens is 1. The predicted octanol–water partition coefficient (Wildman–Crippen LogP) is -0.869. The van der Waals surface area contributed by atoms with Crippen LogP contribution in [0, 0.1) is 0 Å². The number of fused-ring (bicyclic) bond motifs is 2. The summed E-state index contributed by atoms with van der Waals surface area (Å²) in [7, 11) is 1.67. The number of hydrogen-bond donors (Lipinski definition) is 14. The largest absolute Gasteiger partial charge is 0.508 e. The first-order chi connectivity index (χ1) is 38.2. The van der Waals surface area contributed by atoms with Crippen molar-refractivity contribution in [1.29, 1.82) is 0 Å². The third-order valence-corrected chi connectivity index (χ3v) is 16.3. The van der Waals surface area contributed by atoms with E-state index in [2.05, 4.69) is 42.5 Å². The Labute approximate surface area is 474 Å². The number of carbonyl (C=O) groups is 9. The van der Waals surface area contributed by atoms with Gasteiger partial charge in [-0.2, -0.15) is 0 Å². The predicted molar refractivity (Wildman–Crippen MR) is 300 cm³/mol. The highest BCUT2D eigenvalue weighted by Crippen LogP contribution is 2.35. The molecule has 0 aromatic heterocycles. The molecule has 2 bridgehead atoms. The Morgan fingerprint density at radius 1 is 0.675 bits per heavy atom. The molecule has 80 heavy (non-hydrogen) atoms. The van der Waals surface area contributed by atoms with E-state index in [1.54, 1.807) is 48.5 Å². The molecule has 0 saturated carbocycles. The summed E-state index contributed by atoms with van der Waals surface area (Å²) in [5, 5.41) is 52.4. The van der Waals surface area contributed by atoms with Crippen LogP contribution >= 0.6 is 33.2 Å². The van der Waals surface area contributed by atoms with E-state index in [0.29, 0.717) is 40.1 Å². The van der Waals surface area contributed by atoms with Crippen molar-refractivity contribution in [2.24, 2.45) is 17.2 Å². The second-order valence-corrected chi connectivity index (χ2v) is 22.4. The van der Waals surface area contributed by atoms with Gasteiger partial charge in [-0.05, 0) is 96.4 Å². The molecule has 2 fully saturated rings. The molecule has 10 atom stereocenters. The maximum absolute atomic E-state index is 14.8. The second-order valence-electron chi connectivity index (χ2n) is 19.4. The van der Waals surface area contributed by atoms with Crippen molar-refractivity contribution in [1.82, 2.24) is 42.5 Å². The summed E-state index contributed by atoms with van der Waals surface area (Å²) in [6, 6.07) is 13.1. The van der Waals surface area contributed by atoms with E-state index in [1.807, 2.05) is 0 Å². The molecular weight excluding hydrogens is 1090 g/mol. The van der Waals surface area contributed by atoms with Crippen molar-refractivity contribution in [2.75, 3.05) is 12.3 Å². The van der Waals surface area contributed by atoms with E-state index in [1.165, 1.54) is 55.5 Å². The molecular formula is C54H66ClN11O12S2. The van der Waals surface area contributed by atoms with Gasteiger partial charge in [0.05, 0.1) is 17.4 Å². The van der Waals surface area contributed by atoms with Gasteiger partial charge in [0.2, 0.25) is 53.2 Å². The topological polar surface area (TPSA) is 389 Å². The SMILES string of the molecule is CC(=O)NCc1ccc(C[C@H]2NC(=O)[C@H](Cc3ccc(O)cc3)NC(=O)[C@H](NC(=O)[C@@H](N)Cc3ccc(Cl)cc3)CSSC3[C@@H](C(=O)N[C@H](Cc4ccc(O)cc4)C(N)=O)NC(=O)[C@@H](NC(=O)[C@H](CCCCN)NC2=O)[C@@H]3O)cc1. The van der Waals surface area contributed by atoms with E-state index in [-0.39, 0.29) is 68.4 Å². The van der Waals surface area contributed by atoms with E-state index in [9.17, 15) is 58.5 Å². The van der Waals surface area contributed by atoms with Gasteiger partial charge in [0.25, 0.3) is 0 Å². The van der Waals surface area contributed by atoms with Crippen LogP contribution in [0.1, 0.15) is 54.0 Å². The summed E-state index contributed by atoms with van der Waals surface area (Å²) in [6.07, 6.45) is -1.70. The number of benzene rings is 4. The highest BCUT2D eigenvalue weighted by atomic mass is 35.5. The third kappa shape index (κ3) is 18.3. The first-order valence-corrected chi connectivity index (χ1v) is 28.4. The van der Waals surface area contributed by atoms with E-state index < -0.39 is 107 Å². The third-order valence-electron chi connectivity index (χ3n) is 13.2. The maximum Gasteiger partial charge on any atom is 0.246 e. The number of rotatable bonds is 19. The first kappa shape index (κ1) is 61.8. The smallest absolute Gasteiger partial charge is 0.246 e. The molecule has 0 spiro atoms. The van der Waals surface area contributed by atoms with Crippen LogP contribution in [0.3, 0.4) is 0 Å². The number of amides is 9. The fraction of sp³-hybridized carbons (Fsp3) is 0.389. The quantitative estimate of drug-likeness (QED) is 0.0401. The van der Waals surface area contributed by atoms with Crippen molar-refractivity contribution in [3.05, 3.63) is 130 Å². The first-order valence-electron chi connectivity index (χ1n) is 25.6. The lowest BCUT2D eigenvalue weighted by atomic mass is 9.94. The fourth-order valence-corrected chi connectivity index (χ4v) is 11.8. The maximum atomic E-state index is 14.8. The normalized spacial score (nSPS) is 22.7. The average Bonchev–Trinajstić information content (AvgIpc) is 3.43. The van der Waals surface area contributed by atoms with Crippen LogP contribution in [0.5, 0.6) is 11.5 Å². The van der Waals surface area contributed by atoms with Gasteiger partial charge in [-0.3, -0.25) is 43.2 Å². The molecule has 2 aliphatic rings. The van der Waals surface area contributed by atoms with Crippen LogP contribution < -0.4 is 59.7 Å². The molecule has 6 rings (SSSR count). The highest BCUT2D eigenvalue weighted by Gasteiger charge is 2.49. The highest BCUT2D eigenvalue weighted by molar-refractivity contribution is 8.77. The number of unbranched alkanes of at least 4 members (excludes halogenated alkanes) is 1. The molecule has 428 valence electrons. The van der Waals surface area contributed by atoms with Gasteiger partial charge in [-0.15, -0.1) is 0 Å². The number of primary amides is 1. The summed E-state index contributed by atoms with van der Waals surface area (Å²) >= 11 is 6.08. The number of phenols is 2. The molecule has 2 aliphatic heterocycles. The van der Waals surface area contributed by atoms with Gasteiger partial charge in [-0.25, -0.2) is 0 Å². The molecule has 0 aliphatic carbocycles. The van der Waals surface area contributed by atoms with Gasteiger partial charge < -0.3 is 75.1 Å². The zero-order valence-electron chi connectivity index (χ0n) is 43.5. The Hall–Kier alpha value is -7.42. The molecule has 1 unspecified atom stereocenters. The zero-order chi connectivity index (χ0) is 58.0. The van der Waals surface area contributed by atoms with Crippen molar-refractivity contribution in [2.45, 2.75) is 118 Å². The number of aliphatic hydroxyl groups is 1. The van der Waals surface area contributed by atoms with Gasteiger partial charge in [-0.1, -0.05) is 93.9 Å². The van der Waals surface area contributed by atoms with Crippen LogP contribution in [-0.2, 0) is 75.4 Å². The second kappa shape index (κ2) is 29.7. The molecule has 2 heterocycles. The number of nitrogens with two attached hydrogens (primary N) is 3. The Bertz CT molecular complexity index is 2840. The molecule has 4 aromatic carbocycles. The van der Waals surface area contributed by atoms with Crippen LogP contribution in [0.4, 0.5) is 0 Å². The summed E-state index contributed by atoms with van der Waals surface area (Å²) in [5.74, 6) is -8.02. The van der Waals surface area contributed by atoms with Crippen molar-refractivity contribution in [3.63, 3.8) is 0 Å². The lowest BCUT2D eigenvalue weighted by Gasteiger charge is -2.40. The minimum Gasteiger partial charge on any atom is -0.508 e. The fourth-order valence-electron chi connectivity index (χ4n) is 8.69. The number of phenolic OH excluding ortho intramolecular Hbond substituents is 2. The zero-order valence-corrected chi connectivity index (χ0v) is 45.9. The van der Waals surface area contributed by atoms with E-state index in [4.69, 9.17) is 28.8 Å². The lowest BCUT2D eigenvalue weighted by Crippen LogP contribution is -2.71. The molecule has 17 N–H and O–H groups in total. The van der Waals surface area contributed by atoms with Gasteiger partial charge in [0, 0.05) is 43.5 Å². The summed E-state index contributed by atoms with van der Waals surface area (Å²) in [4.78, 5) is 125. The van der Waals surface area contributed by atoms with Crippen molar-refractivity contribution >= 4 is 86.4 Å². The van der Waals surface area contributed by atoms with Gasteiger partial charge in [0.15, 0.2) is 0 Å². The molecule has 9 amide bonds. The number of hydrogen-bond acceptors (Lipinski definition) is 16. The number of piperidine rings is 1. The van der Waals surface area contributed by atoms with Crippen LogP contribution in [0.2, 0.25) is 5.02 Å². The number of carbonyl (C=O) groups excluding carboxylic acids is 9. The van der Waals surface area contributed by atoms with E-state index >= 15 is 0 Å². The van der Waals surface area contributed by atoms with Crippen LogP contribution in [0.15, 0.2) is 97.1 Å². The summed E-state index contributed by atoms with van der Waals surface area (Å²) in [5.41, 5.74) is 20.8. The summed E-state index contributed by atoms with van der Waals surface area (Å²) in [6.45, 7) is 1.81. The summed E-state index contributed by atoms with van der Waals surface area (Å²) < 4.78 is 0. The average molecular weight is 1160 g/mol. The number of nitrogens with one attached hydrogen (secondary N) is 8. The Balaban J connectivity index is 1.40. The van der Waals surface area contributed by atoms with Crippen LogP contribution in [0.25, 0.3) is 0 Å². The van der Waals surface area contributed by atoms with E-state index in [0.717, 1.165) is 27.2 Å². The molecule has 0 radical (unpaired) electrons.